The fourth-order valence-electron chi connectivity index (χ4n) is 2.38. The van der Waals surface area contributed by atoms with Gasteiger partial charge in [-0.25, -0.2) is 4.98 Å². The fourth-order valence-corrected chi connectivity index (χ4v) is 3.48. The highest BCUT2D eigenvalue weighted by Gasteiger charge is 2.20. The van der Waals surface area contributed by atoms with Crippen LogP contribution in [0, 0.1) is 0 Å². The molecule has 110 valence electrons. The van der Waals surface area contributed by atoms with E-state index < -0.39 is 0 Å². The van der Waals surface area contributed by atoms with Gasteiger partial charge in [0.2, 0.25) is 0 Å². The number of fused-ring (bicyclic) bond motifs is 1. The average molecular weight is 340 g/mol. The van der Waals surface area contributed by atoms with E-state index >= 15 is 0 Å². The van der Waals surface area contributed by atoms with E-state index in [2.05, 4.69) is 16.2 Å². The molecule has 3 rings (SSSR count). The topological polar surface area (TPSA) is 20.5 Å². The summed E-state index contributed by atoms with van der Waals surface area (Å²) in [7, 11) is 2.04. The maximum atomic E-state index is 6.12. The normalized spacial score (nSPS) is 12.8. The second-order valence-electron chi connectivity index (χ2n) is 4.91. The Morgan fingerprint density at radius 3 is 2.71 bits per heavy atom. The van der Waals surface area contributed by atoms with Gasteiger partial charge in [-0.2, -0.15) is 0 Å². The lowest BCUT2D eigenvalue weighted by atomic mass is 10.1. The monoisotopic (exact) mass is 339 g/mol. The zero-order valence-electron chi connectivity index (χ0n) is 11.8. The van der Waals surface area contributed by atoms with Crippen molar-refractivity contribution in [3.63, 3.8) is 0 Å². The van der Waals surface area contributed by atoms with Crippen LogP contribution in [0.25, 0.3) is 4.96 Å². The van der Waals surface area contributed by atoms with Gasteiger partial charge in [-0.1, -0.05) is 23.7 Å². The summed E-state index contributed by atoms with van der Waals surface area (Å²) < 4.78 is 2.05. The van der Waals surface area contributed by atoms with Crippen LogP contribution in [0.15, 0.2) is 35.8 Å². The van der Waals surface area contributed by atoms with Gasteiger partial charge >= 0.3 is 0 Å². The molecule has 3 aromatic rings. The second-order valence-corrected chi connectivity index (χ2v) is 6.49. The molecule has 6 heteroatoms. The first-order valence-electron chi connectivity index (χ1n) is 6.60. The molecule has 0 saturated carbocycles. The third kappa shape index (κ3) is 2.63. The first-order chi connectivity index (χ1) is 10.1. The number of hydrogen-bond donors (Lipinski definition) is 0. The average Bonchev–Trinajstić information content (AvgIpc) is 3.06. The SMILES string of the molecule is CC(c1ccc(Cl)cc1)N(C)c1nc2sccn2c1CCl. The minimum atomic E-state index is 0.189. The summed E-state index contributed by atoms with van der Waals surface area (Å²) in [6, 6.07) is 8.10. The number of alkyl halides is 1. The van der Waals surface area contributed by atoms with Gasteiger partial charge in [0.15, 0.2) is 10.8 Å². The molecule has 0 fully saturated rings. The van der Waals surface area contributed by atoms with Gasteiger partial charge in [-0.05, 0) is 24.6 Å². The Bertz CT molecular complexity index is 748. The van der Waals surface area contributed by atoms with Crippen molar-refractivity contribution in [2.24, 2.45) is 0 Å². The molecule has 0 amide bonds. The number of thiazole rings is 1. The van der Waals surface area contributed by atoms with Crippen LogP contribution in [0.5, 0.6) is 0 Å². The number of imidazole rings is 1. The zero-order chi connectivity index (χ0) is 15.0. The third-order valence-corrected chi connectivity index (χ3v) is 5.00. The summed E-state index contributed by atoms with van der Waals surface area (Å²) in [4.78, 5) is 7.83. The van der Waals surface area contributed by atoms with Crippen molar-refractivity contribution in [3.8, 4) is 0 Å². The molecule has 1 unspecified atom stereocenters. The molecule has 0 radical (unpaired) electrons. The van der Waals surface area contributed by atoms with E-state index in [1.54, 1.807) is 11.3 Å². The molecule has 0 aliphatic carbocycles. The molecule has 2 heterocycles. The van der Waals surface area contributed by atoms with Crippen LogP contribution in [-0.2, 0) is 5.88 Å². The molecule has 0 N–H and O–H groups in total. The summed E-state index contributed by atoms with van der Waals surface area (Å²) in [5.74, 6) is 1.37. The highest BCUT2D eigenvalue weighted by Crippen LogP contribution is 2.31. The first-order valence-corrected chi connectivity index (χ1v) is 8.39. The number of benzene rings is 1. The maximum Gasteiger partial charge on any atom is 0.195 e. The number of rotatable bonds is 4. The molecule has 3 nitrogen and oxygen atoms in total. The molecule has 0 bridgehead atoms. The molecule has 21 heavy (non-hydrogen) atoms. The Kier molecular flexibility index (Phi) is 4.11. The summed E-state index contributed by atoms with van der Waals surface area (Å²) in [5.41, 5.74) is 2.22. The van der Waals surface area contributed by atoms with Crippen LogP contribution >= 0.6 is 34.5 Å². The first kappa shape index (κ1) is 14.7. The van der Waals surface area contributed by atoms with Gasteiger partial charge in [0.05, 0.1) is 17.6 Å². The number of aromatic nitrogens is 2. The Morgan fingerprint density at radius 2 is 2.05 bits per heavy atom. The summed E-state index contributed by atoms with van der Waals surface area (Å²) >= 11 is 13.7. The molecule has 0 spiro atoms. The van der Waals surface area contributed by atoms with Crippen molar-refractivity contribution in [1.29, 1.82) is 0 Å². The molecular formula is C15H15Cl2N3S. The van der Waals surface area contributed by atoms with Crippen LogP contribution < -0.4 is 4.90 Å². The molecule has 0 aliphatic rings. The zero-order valence-corrected chi connectivity index (χ0v) is 14.1. The van der Waals surface area contributed by atoms with Gasteiger partial charge in [0, 0.05) is 23.6 Å². The third-order valence-electron chi connectivity index (χ3n) is 3.73. The van der Waals surface area contributed by atoms with Gasteiger partial charge < -0.3 is 4.90 Å². The predicted octanol–water partition coefficient (Wildman–Crippen LogP) is 4.99. The van der Waals surface area contributed by atoms with Crippen molar-refractivity contribution in [3.05, 3.63) is 52.1 Å². The standard InChI is InChI=1S/C15H15Cl2N3S/c1-10(11-3-5-12(17)6-4-11)19(2)14-13(9-16)20-7-8-21-15(20)18-14/h3-8,10H,9H2,1-2H3. The number of halogens is 2. The van der Waals surface area contributed by atoms with Gasteiger partial charge in [-0.3, -0.25) is 4.40 Å². The number of anilines is 1. The summed E-state index contributed by atoms with van der Waals surface area (Å²) in [5, 5.41) is 2.77. The van der Waals surface area contributed by atoms with Crippen molar-refractivity contribution in [2.45, 2.75) is 18.8 Å². The molecule has 0 saturated heterocycles. The maximum absolute atomic E-state index is 6.12. The minimum absolute atomic E-state index is 0.189. The van der Waals surface area contributed by atoms with Crippen LogP contribution in [-0.4, -0.2) is 16.4 Å². The fraction of sp³-hybridized carbons (Fsp3) is 0.267. The van der Waals surface area contributed by atoms with E-state index in [1.165, 1.54) is 5.56 Å². The Hall–Kier alpha value is -1.23. The molecular weight excluding hydrogens is 325 g/mol. The van der Waals surface area contributed by atoms with Crippen molar-refractivity contribution < 1.29 is 0 Å². The molecule has 1 atom stereocenters. The lowest BCUT2D eigenvalue weighted by Gasteiger charge is -2.26. The van der Waals surface area contributed by atoms with Crippen molar-refractivity contribution in [2.75, 3.05) is 11.9 Å². The summed E-state index contributed by atoms with van der Waals surface area (Å²) in [6.45, 7) is 2.15. The quantitative estimate of drug-likeness (QED) is 0.624. The smallest absolute Gasteiger partial charge is 0.195 e. The van der Waals surface area contributed by atoms with E-state index in [9.17, 15) is 0 Å². The van der Waals surface area contributed by atoms with E-state index in [0.717, 1.165) is 21.5 Å². The number of hydrogen-bond acceptors (Lipinski definition) is 3. The van der Waals surface area contributed by atoms with Crippen molar-refractivity contribution in [1.82, 2.24) is 9.38 Å². The van der Waals surface area contributed by atoms with Crippen LogP contribution in [0.3, 0.4) is 0 Å². The highest BCUT2D eigenvalue weighted by molar-refractivity contribution is 7.15. The van der Waals surface area contributed by atoms with Gasteiger partial charge in [0.1, 0.15) is 0 Å². The number of nitrogens with zero attached hydrogens (tertiary/aromatic N) is 3. The van der Waals surface area contributed by atoms with E-state index in [-0.39, 0.29) is 6.04 Å². The van der Waals surface area contributed by atoms with Crippen LogP contribution in [0.4, 0.5) is 5.82 Å². The van der Waals surface area contributed by atoms with E-state index in [0.29, 0.717) is 5.88 Å². The lowest BCUT2D eigenvalue weighted by molar-refractivity contribution is 0.728. The lowest BCUT2D eigenvalue weighted by Crippen LogP contribution is -2.23. The van der Waals surface area contributed by atoms with Gasteiger partial charge in [0.25, 0.3) is 0 Å². The Balaban J connectivity index is 1.97. The Labute approximate surface area is 137 Å². The molecule has 1 aromatic carbocycles. The summed E-state index contributed by atoms with van der Waals surface area (Å²) in [6.07, 6.45) is 2.01. The minimum Gasteiger partial charge on any atom is -0.351 e. The van der Waals surface area contributed by atoms with Crippen LogP contribution in [0.2, 0.25) is 5.02 Å². The molecule has 0 aliphatic heterocycles. The van der Waals surface area contributed by atoms with Crippen LogP contribution in [0.1, 0.15) is 24.2 Å². The van der Waals surface area contributed by atoms with Gasteiger partial charge in [-0.15, -0.1) is 22.9 Å². The molecule has 2 aromatic heterocycles. The second kappa shape index (κ2) is 5.87. The Morgan fingerprint density at radius 1 is 1.33 bits per heavy atom. The highest BCUT2D eigenvalue weighted by atomic mass is 35.5. The largest absolute Gasteiger partial charge is 0.351 e. The predicted molar refractivity (Wildman–Crippen MR) is 90.9 cm³/mol. The van der Waals surface area contributed by atoms with Crippen molar-refractivity contribution >= 4 is 45.3 Å². The van der Waals surface area contributed by atoms with E-state index in [1.807, 2.05) is 42.9 Å². The van der Waals surface area contributed by atoms with E-state index in [4.69, 9.17) is 28.2 Å².